The molecule has 0 aliphatic carbocycles. The fraction of sp³-hybridized carbons (Fsp3) is 0.333. The van der Waals surface area contributed by atoms with E-state index in [0.717, 1.165) is 18.1 Å². The molecule has 1 atom stereocenters. The summed E-state index contributed by atoms with van der Waals surface area (Å²) in [7, 11) is 0. The van der Waals surface area contributed by atoms with Gasteiger partial charge in [0, 0.05) is 11.6 Å². The molecule has 0 heterocycles. The Bertz CT molecular complexity index is 377. The summed E-state index contributed by atoms with van der Waals surface area (Å²) in [6.45, 7) is 5.81. The molecular weight excluding hydrogens is 210 g/mol. The van der Waals surface area contributed by atoms with E-state index in [9.17, 15) is 8.78 Å². The van der Waals surface area contributed by atoms with Gasteiger partial charge < -0.3 is 0 Å². The van der Waals surface area contributed by atoms with Gasteiger partial charge in [-0.15, -0.1) is 0 Å². The first-order valence-electron chi connectivity index (χ1n) is 5.16. The van der Waals surface area contributed by atoms with Crippen LogP contribution in [0.5, 0.6) is 0 Å². The third-order valence-corrected chi connectivity index (χ3v) is 2.53. The molecule has 0 saturated carbocycles. The largest absolute Gasteiger partial charge is 0.271 e. The Kier molecular flexibility index (Phi) is 4.58. The first-order chi connectivity index (χ1) is 7.58. The van der Waals surface area contributed by atoms with Crippen LogP contribution in [0.4, 0.5) is 8.78 Å². The Morgan fingerprint density at radius 2 is 2.19 bits per heavy atom. The summed E-state index contributed by atoms with van der Waals surface area (Å²) in [6.07, 6.45) is 1.34. The minimum atomic E-state index is -0.591. The maximum Gasteiger partial charge on any atom is 0.130 e. The van der Waals surface area contributed by atoms with Crippen LogP contribution < -0.4 is 11.3 Å². The molecule has 88 valence electrons. The molecule has 1 unspecified atom stereocenters. The molecule has 0 aliphatic rings. The topological polar surface area (TPSA) is 38.0 Å². The average Bonchev–Trinajstić information content (AvgIpc) is 2.26. The summed E-state index contributed by atoms with van der Waals surface area (Å²) < 4.78 is 26.2. The Morgan fingerprint density at radius 3 is 2.69 bits per heavy atom. The number of halogens is 2. The number of nitrogens with two attached hydrogens (primary N) is 1. The van der Waals surface area contributed by atoms with Crippen molar-refractivity contribution < 1.29 is 8.78 Å². The first-order valence-corrected chi connectivity index (χ1v) is 5.16. The smallest absolute Gasteiger partial charge is 0.130 e. The van der Waals surface area contributed by atoms with Crippen LogP contribution in [0.3, 0.4) is 0 Å². The predicted molar refractivity (Wildman–Crippen MR) is 60.5 cm³/mol. The van der Waals surface area contributed by atoms with E-state index in [-0.39, 0.29) is 6.04 Å². The van der Waals surface area contributed by atoms with E-state index in [1.54, 1.807) is 0 Å². The summed E-state index contributed by atoms with van der Waals surface area (Å²) in [5.41, 5.74) is 3.84. The number of benzene rings is 1. The quantitative estimate of drug-likeness (QED) is 0.460. The molecule has 0 aromatic heterocycles. The van der Waals surface area contributed by atoms with Gasteiger partial charge in [-0.2, -0.15) is 0 Å². The summed E-state index contributed by atoms with van der Waals surface area (Å²) in [5, 5.41) is 0. The molecule has 0 spiro atoms. The van der Waals surface area contributed by atoms with Crippen LogP contribution in [0.2, 0.25) is 0 Å². The third kappa shape index (κ3) is 3.12. The van der Waals surface area contributed by atoms with Crippen molar-refractivity contribution in [3.8, 4) is 0 Å². The zero-order chi connectivity index (χ0) is 12.1. The normalized spacial score (nSPS) is 12.5. The average molecular weight is 226 g/mol. The van der Waals surface area contributed by atoms with Crippen LogP contribution in [-0.4, -0.2) is 0 Å². The van der Waals surface area contributed by atoms with Gasteiger partial charge in [0.25, 0.3) is 0 Å². The maximum absolute atomic E-state index is 13.5. The van der Waals surface area contributed by atoms with Crippen LogP contribution in [0.25, 0.3) is 0 Å². The molecule has 2 nitrogen and oxygen atoms in total. The number of hydrogen-bond donors (Lipinski definition) is 2. The SMILES string of the molecule is C=C(CC)CC(NN)c1ccc(F)cc1F. The van der Waals surface area contributed by atoms with E-state index < -0.39 is 11.6 Å². The fourth-order valence-corrected chi connectivity index (χ4v) is 1.48. The molecule has 4 heteroatoms. The lowest BCUT2D eigenvalue weighted by atomic mass is 9.98. The van der Waals surface area contributed by atoms with Crippen molar-refractivity contribution in [2.45, 2.75) is 25.8 Å². The molecule has 0 amide bonds. The van der Waals surface area contributed by atoms with Crippen molar-refractivity contribution >= 4 is 0 Å². The van der Waals surface area contributed by atoms with Crippen LogP contribution in [0, 0.1) is 11.6 Å². The Balaban J connectivity index is 2.90. The molecule has 16 heavy (non-hydrogen) atoms. The molecule has 0 radical (unpaired) electrons. The zero-order valence-corrected chi connectivity index (χ0v) is 9.26. The van der Waals surface area contributed by atoms with Gasteiger partial charge in [-0.1, -0.05) is 25.1 Å². The summed E-state index contributed by atoms with van der Waals surface area (Å²) >= 11 is 0. The highest BCUT2D eigenvalue weighted by molar-refractivity contribution is 5.23. The monoisotopic (exact) mass is 226 g/mol. The van der Waals surface area contributed by atoms with Crippen molar-refractivity contribution in [2.75, 3.05) is 0 Å². The summed E-state index contributed by atoms with van der Waals surface area (Å²) in [6, 6.07) is 3.11. The lowest BCUT2D eigenvalue weighted by Gasteiger charge is -2.17. The van der Waals surface area contributed by atoms with Gasteiger partial charge in [0.2, 0.25) is 0 Å². The van der Waals surface area contributed by atoms with Crippen molar-refractivity contribution in [2.24, 2.45) is 5.84 Å². The van der Waals surface area contributed by atoms with E-state index in [2.05, 4.69) is 12.0 Å². The minimum absolute atomic E-state index is 0.360. The molecular formula is C12H16F2N2. The highest BCUT2D eigenvalue weighted by Crippen LogP contribution is 2.23. The van der Waals surface area contributed by atoms with Crippen molar-refractivity contribution in [3.63, 3.8) is 0 Å². The van der Waals surface area contributed by atoms with Crippen LogP contribution in [0.1, 0.15) is 31.4 Å². The highest BCUT2D eigenvalue weighted by atomic mass is 19.1. The second-order valence-corrected chi connectivity index (χ2v) is 3.69. The van der Waals surface area contributed by atoms with E-state index in [4.69, 9.17) is 5.84 Å². The van der Waals surface area contributed by atoms with Crippen molar-refractivity contribution in [1.29, 1.82) is 0 Å². The van der Waals surface area contributed by atoms with E-state index in [0.29, 0.717) is 12.0 Å². The molecule has 1 aromatic carbocycles. The fourth-order valence-electron chi connectivity index (χ4n) is 1.48. The molecule has 1 aromatic rings. The van der Waals surface area contributed by atoms with Gasteiger partial charge in [-0.05, 0) is 18.9 Å². The molecule has 0 fully saturated rings. The third-order valence-electron chi connectivity index (χ3n) is 2.53. The van der Waals surface area contributed by atoms with E-state index >= 15 is 0 Å². The van der Waals surface area contributed by atoms with Gasteiger partial charge in [-0.3, -0.25) is 11.3 Å². The van der Waals surface area contributed by atoms with Crippen LogP contribution in [-0.2, 0) is 0 Å². The van der Waals surface area contributed by atoms with Gasteiger partial charge in [0.1, 0.15) is 11.6 Å². The number of hydrazine groups is 1. The first kappa shape index (κ1) is 12.8. The lowest BCUT2D eigenvalue weighted by Crippen LogP contribution is -2.29. The molecule has 0 saturated heterocycles. The molecule has 1 rings (SSSR count). The minimum Gasteiger partial charge on any atom is -0.271 e. The zero-order valence-electron chi connectivity index (χ0n) is 9.26. The molecule has 0 bridgehead atoms. The van der Waals surface area contributed by atoms with Crippen molar-refractivity contribution in [3.05, 3.63) is 47.5 Å². The Labute approximate surface area is 94.1 Å². The number of nitrogens with one attached hydrogen (secondary N) is 1. The summed E-state index contributed by atoms with van der Waals surface area (Å²) in [4.78, 5) is 0. The van der Waals surface area contributed by atoms with E-state index in [1.807, 2.05) is 6.92 Å². The van der Waals surface area contributed by atoms with Crippen molar-refractivity contribution in [1.82, 2.24) is 5.43 Å². The molecule has 3 N–H and O–H groups in total. The predicted octanol–water partition coefficient (Wildman–Crippen LogP) is 2.83. The highest BCUT2D eigenvalue weighted by Gasteiger charge is 2.15. The van der Waals surface area contributed by atoms with Gasteiger partial charge in [-0.25, -0.2) is 8.78 Å². The maximum atomic E-state index is 13.5. The van der Waals surface area contributed by atoms with Crippen LogP contribution >= 0.6 is 0 Å². The summed E-state index contributed by atoms with van der Waals surface area (Å²) in [5.74, 6) is 4.18. The standard InChI is InChI=1S/C12H16F2N2/c1-3-8(2)6-12(16-15)10-5-4-9(13)7-11(10)14/h4-5,7,12,16H,2-3,6,15H2,1H3. The lowest BCUT2D eigenvalue weighted by molar-refractivity contribution is 0.498. The number of rotatable bonds is 5. The van der Waals surface area contributed by atoms with E-state index in [1.165, 1.54) is 12.1 Å². The Morgan fingerprint density at radius 1 is 1.50 bits per heavy atom. The number of hydrogen-bond acceptors (Lipinski definition) is 2. The van der Waals surface area contributed by atoms with Gasteiger partial charge in [0.05, 0.1) is 6.04 Å². The second kappa shape index (κ2) is 5.72. The van der Waals surface area contributed by atoms with Gasteiger partial charge in [0.15, 0.2) is 0 Å². The van der Waals surface area contributed by atoms with Gasteiger partial charge >= 0.3 is 0 Å². The Hall–Kier alpha value is -1.26. The van der Waals surface area contributed by atoms with Crippen LogP contribution in [0.15, 0.2) is 30.4 Å². The second-order valence-electron chi connectivity index (χ2n) is 3.69. The molecule has 0 aliphatic heterocycles.